The number of hydrogen-bond acceptors (Lipinski definition) is 5. The molecule has 0 bridgehead atoms. The number of carboxylic acids is 1. The Bertz CT molecular complexity index is 1500. The average Bonchev–Trinajstić information content (AvgIpc) is 3.52. The molecule has 2 N–H and O–H groups in total. The number of carbonyl (C=O) groups is 2. The molecule has 2 aromatic carbocycles. The molecule has 1 aliphatic rings. The van der Waals surface area contributed by atoms with E-state index in [2.05, 4.69) is 10.1 Å². The Morgan fingerprint density at radius 3 is 2.54 bits per heavy atom. The van der Waals surface area contributed by atoms with Crippen LogP contribution in [0.1, 0.15) is 42.2 Å². The van der Waals surface area contributed by atoms with Gasteiger partial charge in [-0.3, -0.25) is 14.4 Å². The molecule has 4 aromatic rings. The zero-order valence-electron chi connectivity index (χ0n) is 19.0. The zero-order chi connectivity index (χ0) is 24.5. The summed E-state index contributed by atoms with van der Waals surface area (Å²) in [6.07, 6.45) is 1.25. The van der Waals surface area contributed by atoms with Crippen LogP contribution in [-0.2, 0) is 9.59 Å². The maximum absolute atomic E-state index is 13.4. The summed E-state index contributed by atoms with van der Waals surface area (Å²) in [6, 6.07) is 18.4. The van der Waals surface area contributed by atoms with E-state index in [1.165, 1.54) is 11.3 Å². The lowest BCUT2D eigenvalue weighted by atomic mass is 9.91. The number of aromatic nitrogens is 1. The third-order valence-corrected chi connectivity index (χ3v) is 6.14. The summed E-state index contributed by atoms with van der Waals surface area (Å²) in [4.78, 5) is 40.4. The van der Waals surface area contributed by atoms with Crippen LogP contribution in [0.15, 0.2) is 81.2 Å². The Kier molecular flexibility index (Phi) is 5.78. The van der Waals surface area contributed by atoms with Crippen molar-refractivity contribution >= 4 is 28.5 Å². The van der Waals surface area contributed by atoms with Crippen molar-refractivity contribution in [2.24, 2.45) is 5.10 Å². The molecule has 176 valence electrons. The predicted octanol–water partition coefficient (Wildman–Crippen LogP) is 4.64. The number of aromatic amines is 1. The number of hydrogen-bond donors (Lipinski definition) is 2. The topological polar surface area (TPSA) is 116 Å². The second-order valence-electron chi connectivity index (χ2n) is 8.53. The van der Waals surface area contributed by atoms with Crippen molar-refractivity contribution in [1.82, 2.24) is 9.99 Å². The number of nitrogens with one attached hydrogen (secondary N) is 1. The number of rotatable bonds is 6. The monoisotopic (exact) mass is 469 g/mol. The van der Waals surface area contributed by atoms with Gasteiger partial charge < -0.3 is 14.5 Å². The molecular formula is C27H23N3O5. The maximum Gasteiger partial charge on any atom is 0.303 e. The van der Waals surface area contributed by atoms with Gasteiger partial charge in [0.2, 0.25) is 5.91 Å². The Labute approximate surface area is 200 Å². The summed E-state index contributed by atoms with van der Waals surface area (Å²) < 4.78 is 5.57. The van der Waals surface area contributed by atoms with Crippen molar-refractivity contribution in [3.05, 3.63) is 94.2 Å². The average molecular weight is 469 g/mol. The number of fused-ring (bicyclic) bond motifs is 1. The van der Waals surface area contributed by atoms with E-state index < -0.39 is 17.9 Å². The molecule has 8 heteroatoms. The summed E-state index contributed by atoms with van der Waals surface area (Å²) in [7, 11) is 0. The van der Waals surface area contributed by atoms with E-state index in [-0.39, 0.29) is 24.8 Å². The standard InChI is InChI=1S/C27H23N3O5/c1-16-8-10-17(11-9-16)25-18-5-2-3-6-19(18)28-27(34)26(25)20-15-21(22-7-4-14-35-22)30(29-20)23(31)12-13-24(32)33/h2-11,14,21H,12-13,15H2,1H3,(H,28,34)(H,32,33)/t21-/m0/s1. The number of benzene rings is 2. The number of carbonyl (C=O) groups excluding carboxylic acids is 1. The van der Waals surface area contributed by atoms with E-state index >= 15 is 0 Å². The van der Waals surface area contributed by atoms with E-state index in [1.807, 2.05) is 55.5 Å². The molecular weight excluding hydrogens is 446 g/mol. The van der Waals surface area contributed by atoms with Crippen LogP contribution in [0.5, 0.6) is 0 Å². The van der Waals surface area contributed by atoms with Gasteiger partial charge in [0.05, 0.1) is 24.0 Å². The Hall–Kier alpha value is -4.46. The van der Waals surface area contributed by atoms with Gasteiger partial charge in [-0.25, -0.2) is 5.01 Å². The van der Waals surface area contributed by atoms with Crippen molar-refractivity contribution in [1.29, 1.82) is 0 Å². The van der Waals surface area contributed by atoms with Crippen LogP contribution in [0.4, 0.5) is 0 Å². The molecule has 8 nitrogen and oxygen atoms in total. The third-order valence-electron chi connectivity index (χ3n) is 6.14. The number of para-hydroxylation sites is 1. The first-order valence-electron chi connectivity index (χ1n) is 11.3. The molecule has 1 atom stereocenters. The smallest absolute Gasteiger partial charge is 0.303 e. The van der Waals surface area contributed by atoms with Gasteiger partial charge in [-0.05, 0) is 30.7 Å². The van der Waals surface area contributed by atoms with Crippen molar-refractivity contribution in [3.8, 4) is 11.1 Å². The van der Waals surface area contributed by atoms with Crippen molar-refractivity contribution < 1.29 is 19.1 Å². The number of H-pyrrole nitrogens is 1. The van der Waals surface area contributed by atoms with E-state index in [0.29, 0.717) is 22.6 Å². The molecule has 5 rings (SSSR count). The number of amides is 1. The molecule has 0 unspecified atom stereocenters. The van der Waals surface area contributed by atoms with Crippen molar-refractivity contribution in [2.75, 3.05) is 0 Å². The summed E-state index contributed by atoms with van der Waals surface area (Å²) in [5.41, 5.74) is 3.91. The molecule has 0 saturated heterocycles. The first kappa shape index (κ1) is 22.3. The maximum atomic E-state index is 13.4. The highest BCUT2D eigenvalue weighted by Gasteiger charge is 2.36. The van der Waals surface area contributed by atoms with Gasteiger partial charge in [0.25, 0.3) is 5.56 Å². The Morgan fingerprint density at radius 1 is 1.06 bits per heavy atom. The number of hydrazone groups is 1. The van der Waals surface area contributed by atoms with Crippen LogP contribution in [0.25, 0.3) is 22.0 Å². The van der Waals surface area contributed by atoms with Gasteiger partial charge in [0.1, 0.15) is 11.8 Å². The quantitative estimate of drug-likeness (QED) is 0.427. The molecule has 2 aromatic heterocycles. The van der Waals surface area contributed by atoms with Crippen LogP contribution < -0.4 is 5.56 Å². The number of aryl methyl sites for hydroxylation is 1. The van der Waals surface area contributed by atoms with Crippen LogP contribution in [0.2, 0.25) is 0 Å². The van der Waals surface area contributed by atoms with Gasteiger partial charge in [-0.1, -0.05) is 48.0 Å². The number of aliphatic carboxylic acids is 1. The van der Waals surface area contributed by atoms with Crippen molar-refractivity contribution in [3.63, 3.8) is 0 Å². The molecule has 35 heavy (non-hydrogen) atoms. The van der Waals surface area contributed by atoms with Gasteiger partial charge in [-0.15, -0.1) is 0 Å². The highest BCUT2D eigenvalue weighted by Crippen LogP contribution is 2.37. The largest absolute Gasteiger partial charge is 0.481 e. The second kappa shape index (κ2) is 9.06. The molecule has 1 amide bonds. The lowest BCUT2D eigenvalue weighted by molar-refractivity contribution is -0.141. The fourth-order valence-corrected chi connectivity index (χ4v) is 4.46. The minimum Gasteiger partial charge on any atom is -0.481 e. The first-order valence-corrected chi connectivity index (χ1v) is 11.3. The number of nitrogens with zero attached hydrogens (tertiary/aromatic N) is 2. The van der Waals surface area contributed by atoms with E-state index in [0.717, 1.165) is 22.1 Å². The molecule has 0 aliphatic carbocycles. The van der Waals surface area contributed by atoms with Gasteiger partial charge in [0, 0.05) is 29.3 Å². The fraction of sp³-hybridized carbons (Fsp3) is 0.185. The lowest BCUT2D eigenvalue weighted by Gasteiger charge is -2.19. The van der Waals surface area contributed by atoms with E-state index in [9.17, 15) is 14.4 Å². The van der Waals surface area contributed by atoms with Gasteiger partial charge in [0.15, 0.2) is 0 Å². The molecule has 0 radical (unpaired) electrons. The minimum absolute atomic E-state index is 0.206. The normalized spacial score (nSPS) is 15.4. The zero-order valence-corrected chi connectivity index (χ0v) is 19.0. The highest BCUT2D eigenvalue weighted by atomic mass is 16.4. The van der Waals surface area contributed by atoms with Crippen LogP contribution in [0.3, 0.4) is 0 Å². The van der Waals surface area contributed by atoms with Crippen LogP contribution in [-0.4, -0.2) is 32.7 Å². The van der Waals surface area contributed by atoms with Crippen LogP contribution >= 0.6 is 0 Å². The summed E-state index contributed by atoms with van der Waals surface area (Å²) in [5, 5.41) is 15.7. The highest BCUT2D eigenvalue weighted by molar-refractivity contribution is 6.12. The predicted molar refractivity (Wildman–Crippen MR) is 131 cm³/mol. The van der Waals surface area contributed by atoms with Gasteiger partial charge in [-0.2, -0.15) is 5.10 Å². The molecule has 0 spiro atoms. The lowest BCUT2D eigenvalue weighted by Crippen LogP contribution is -2.27. The molecule has 3 heterocycles. The number of carboxylic acid groups (broad SMARTS) is 1. The van der Waals surface area contributed by atoms with Crippen molar-refractivity contribution in [2.45, 2.75) is 32.2 Å². The first-order chi connectivity index (χ1) is 16.9. The van der Waals surface area contributed by atoms with E-state index in [4.69, 9.17) is 9.52 Å². The summed E-state index contributed by atoms with van der Waals surface area (Å²) in [6.45, 7) is 2.00. The summed E-state index contributed by atoms with van der Waals surface area (Å²) in [5.74, 6) is -0.997. The SMILES string of the molecule is Cc1ccc(-c2c(C3=NN(C(=O)CCC(=O)O)[C@H](c4ccco4)C3)c(=O)[nH]c3ccccc23)cc1. The third kappa shape index (κ3) is 4.26. The van der Waals surface area contributed by atoms with E-state index in [1.54, 1.807) is 12.1 Å². The molecule has 0 saturated carbocycles. The molecule has 0 fully saturated rings. The second-order valence-corrected chi connectivity index (χ2v) is 8.53. The number of pyridine rings is 1. The fourth-order valence-electron chi connectivity index (χ4n) is 4.46. The minimum atomic E-state index is -1.07. The van der Waals surface area contributed by atoms with Gasteiger partial charge >= 0.3 is 5.97 Å². The number of furan rings is 1. The Morgan fingerprint density at radius 2 is 1.83 bits per heavy atom. The molecule has 1 aliphatic heterocycles. The van der Waals surface area contributed by atoms with Crippen LogP contribution in [0, 0.1) is 6.92 Å². The Balaban J connectivity index is 1.68. The summed E-state index contributed by atoms with van der Waals surface area (Å²) >= 11 is 0.